The topological polar surface area (TPSA) is 78.5 Å². The Morgan fingerprint density at radius 1 is 1.26 bits per heavy atom. The highest BCUT2D eigenvalue weighted by Crippen LogP contribution is 2.13. The van der Waals surface area contributed by atoms with Crippen molar-refractivity contribution >= 4 is 21.6 Å². The average Bonchev–Trinajstić information content (AvgIpc) is 2.83. The third-order valence-corrected chi connectivity index (χ3v) is 5.72. The fraction of sp³-hybridized carbons (Fsp3) is 0.562. The normalized spacial score (nSPS) is 19.3. The summed E-state index contributed by atoms with van der Waals surface area (Å²) in [5.74, 6) is 0.222. The molecule has 2 rings (SSSR count). The number of urea groups is 1. The highest BCUT2D eigenvalue weighted by Gasteiger charge is 2.28. The fourth-order valence-corrected chi connectivity index (χ4v) is 4.27. The molecule has 1 heterocycles. The molecular formula is C16H25N3O3S. The maximum Gasteiger partial charge on any atom is 0.315 e. The monoisotopic (exact) mass is 339 g/mol. The Kier molecular flexibility index (Phi) is 5.87. The van der Waals surface area contributed by atoms with Crippen LogP contribution in [0.3, 0.4) is 0 Å². The predicted octanol–water partition coefficient (Wildman–Crippen LogP) is 1.17. The molecule has 0 saturated carbocycles. The molecule has 1 saturated heterocycles. The van der Waals surface area contributed by atoms with Gasteiger partial charge < -0.3 is 15.5 Å². The molecule has 0 aromatic heterocycles. The summed E-state index contributed by atoms with van der Waals surface area (Å²) in [4.78, 5) is 13.8. The van der Waals surface area contributed by atoms with Crippen molar-refractivity contribution < 1.29 is 13.2 Å². The molecule has 128 valence electrons. The minimum Gasteiger partial charge on any atom is -0.378 e. The van der Waals surface area contributed by atoms with Crippen molar-refractivity contribution in [2.75, 3.05) is 37.0 Å². The molecule has 1 atom stereocenters. The van der Waals surface area contributed by atoms with Gasteiger partial charge in [0.1, 0.15) is 0 Å². The lowest BCUT2D eigenvalue weighted by atomic mass is 10.1. The third-order valence-electron chi connectivity index (χ3n) is 3.95. The van der Waals surface area contributed by atoms with Crippen LogP contribution in [0.15, 0.2) is 24.3 Å². The smallest absolute Gasteiger partial charge is 0.315 e. The van der Waals surface area contributed by atoms with E-state index in [1.807, 2.05) is 14.1 Å². The van der Waals surface area contributed by atoms with Gasteiger partial charge in [0.2, 0.25) is 0 Å². The summed E-state index contributed by atoms with van der Waals surface area (Å²) in [6, 6.07) is 7.82. The zero-order valence-electron chi connectivity index (χ0n) is 13.7. The van der Waals surface area contributed by atoms with E-state index in [-0.39, 0.29) is 23.6 Å². The molecule has 2 amide bonds. The average molecular weight is 339 g/mol. The van der Waals surface area contributed by atoms with Crippen LogP contribution in [-0.2, 0) is 16.3 Å². The predicted molar refractivity (Wildman–Crippen MR) is 92.7 cm³/mol. The molecule has 1 unspecified atom stereocenters. The van der Waals surface area contributed by atoms with Crippen LogP contribution < -0.4 is 15.5 Å². The van der Waals surface area contributed by atoms with Crippen molar-refractivity contribution in [2.45, 2.75) is 25.3 Å². The number of carbonyl (C=O) groups is 1. The van der Waals surface area contributed by atoms with E-state index < -0.39 is 9.84 Å². The molecule has 0 radical (unpaired) electrons. The fourth-order valence-electron chi connectivity index (χ4n) is 2.60. The molecule has 1 aromatic carbocycles. The molecule has 1 aliphatic heterocycles. The summed E-state index contributed by atoms with van der Waals surface area (Å²) in [6.45, 7) is 0.570. The number of hydrogen-bond acceptors (Lipinski definition) is 4. The first-order valence-electron chi connectivity index (χ1n) is 7.87. The van der Waals surface area contributed by atoms with E-state index in [1.165, 1.54) is 5.56 Å². The molecular weight excluding hydrogens is 314 g/mol. The van der Waals surface area contributed by atoms with Gasteiger partial charge in [0.15, 0.2) is 9.84 Å². The summed E-state index contributed by atoms with van der Waals surface area (Å²) in [5, 5.41) is 5.50. The molecule has 0 bridgehead atoms. The van der Waals surface area contributed by atoms with Gasteiger partial charge in [-0.05, 0) is 37.0 Å². The summed E-state index contributed by atoms with van der Waals surface area (Å²) in [7, 11) is 1.06. The molecule has 1 fully saturated rings. The van der Waals surface area contributed by atoms with Gasteiger partial charge in [-0.3, -0.25) is 0 Å². The summed E-state index contributed by atoms with van der Waals surface area (Å²) in [6.07, 6.45) is 2.25. The van der Waals surface area contributed by atoms with E-state index in [4.69, 9.17) is 0 Å². The maximum atomic E-state index is 11.7. The van der Waals surface area contributed by atoms with Gasteiger partial charge in [0.25, 0.3) is 0 Å². The van der Waals surface area contributed by atoms with Crippen molar-refractivity contribution in [1.82, 2.24) is 10.6 Å². The molecule has 1 aromatic rings. The summed E-state index contributed by atoms with van der Waals surface area (Å²) >= 11 is 0. The highest BCUT2D eigenvalue weighted by atomic mass is 32.2. The van der Waals surface area contributed by atoms with Crippen LogP contribution in [0.25, 0.3) is 0 Å². The van der Waals surface area contributed by atoms with E-state index in [2.05, 4.69) is 39.8 Å². The van der Waals surface area contributed by atoms with Gasteiger partial charge in [-0.1, -0.05) is 12.1 Å². The second kappa shape index (κ2) is 7.68. The number of aryl methyl sites for hydroxylation is 1. The van der Waals surface area contributed by atoms with Crippen LogP contribution in [-0.4, -0.2) is 52.6 Å². The SMILES string of the molecule is CN(C)c1ccc(CCCNC(=O)NC2CCS(=O)(=O)C2)cc1. The first-order valence-corrected chi connectivity index (χ1v) is 9.69. The molecule has 23 heavy (non-hydrogen) atoms. The second-order valence-corrected chi connectivity index (χ2v) is 8.39. The van der Waals surface area contributed by atoms with Crippen LogP contribution in [0, 0.1) is 0 Å². The lowest BCUT2D eigenvalue weighted by molar-refractivity contribution is 0.238. The number of rotatable bonds is 6. The van der Waals surface area contributed by atoms with E-state index in [0.717, 1.165) is 18.5 Å². The Labute approximate surface area is 138 Å². The first-order chi connectivity index (χ1) is 10.9. The van der Waals surface area contributed by atoms with E-state index in [1.54, 1.807) is 0 Å². The number of hydrogen-bond donors (Lipinski definition) is 2. The summed E-state index contributed by atoms with van der Waals surface area (Å²) < 4.78 is 22.7. The maximum absolute atomic E-state index is 11.7. The van der Waals surface area contributed by atoms with Crippen molar-refractivity contribution in [2.24, 2.45) is 0 Å². The number of nitrogens with zero attached hydrogens (tertiary/aromatic N) is 1. The van der Waals surface area contributed by atoms with Crippen molar-refractivity contribution in [3.63, 3.8) is 0 Å². The van der Waals surface area contributed by atoms with Crippen LogP contribution in [0.1, 0.15) is 18.4 Å². The number of carbonyl (C=O) groups excluding carboxylic acids is 1. The standard InChI is InChI=1S/C16H25N3O3S/c1-19(2)15-7-5-13(6-8-15)4-3-10-17-16(20)18-14-9-11-23(21,22)12-14/h5-8,14H,3-4,9-12H2,1-2H3,(H2,17,18,20). The van der Waals surface area contributed by atoms with Gasteiger partial charge in [0.05, 0.1) is 11.5 Å². The van der Waals surface area contributed by atoms with Crippen LogP contribution in [0.5, 0.6) is 0 Å². The van der Waals surface area contributed by atoms with Gasteiger partial charge in [-0.15, -0.1) is 0 Å². The van der Waals surface area contributed by atoms with Crippen LogP contribution in [0.2, 0.25) is 0 Å². The molecule has 6 nitrogen and oxygen atoms in total. The van der Waals surface area contributed by atoms with Crippen LogP contribution in [0.4, 0.5) is 10.5 Å². The molecule has 1 aliphatic rings. The largest absolute Gasteiger partial charge is 0.378 e. The Morgan fingerprint density at radius 2 is 1.96 bits per heavy atom. The van der Waals surface area contributed by atoms with E-state index >= 15 is 0 Å². The number of anilines is 1. The number of nitrogens with one attached hydrogen (secondary N) is 2. The Hall–Kier alpha value is -1.76. The van der Waals surface area contributed by atoms with E-state index in [9.17, 15) is 13.2 Å². The quantitative estimate of drug-likeness (QED) is 0.763. The van der Waals surface area contributed by atoms with Crippen molar-refractivity contribution in [3.05, 3.63) is 29.8 Å². The summed E-state index contributed by atoms with van der Waals surface area (Å²) in [5.41, 5.74) is 2.40. The minimum atomic E-state index is -2.96. The Bertz CT molecular complexity index is 626. The highest BCUT2D eigenvalue weighted by molar-refractivity contribution is 7.91. The van der Waals surface area contributed by atoms with Crippen molar-refractivity contribution in [3.8, 4) is 0 Å². The molecule has 7 heteroatoms. The molecule has 0 aliphatic carbocycles. The second-order valence-electron chi connectivity index (χ2n) is 6.16. The first kappa shape index (κ1) is 17.6. The molecule has 0 spiro atoms. The zero-order valence-corrected chi connectivity index (χ0v) is 14.5. The van der Waals surface area contributed by atoms with Gasteiger partial charge in [0, 0.05) is 32.4 Å². The Morgan fingerprint density at radius 3 is 2.52 bits per heavy atom. The van der Waals surface area contributed by atoms with Crippen molar-refractivity contribution in [1.29, 1.82) is 0 Å². The lowest BCUT2D eigenvalue weighted by Crippen LogP contribution is -2.43. The van der Waals surface area contributed by atoms with Crippen LogP contribution >= 0.6 is 0 Å². The van der Waals surface area contributed by atoms with Gasteiger partial charge in [-0.2, -0.15) is 0 Å². The van der Waals surface area contributed by atoms with Gasteiger partial charge >= 0.3 is 6.03 Å². The number of sulfone groups is 1. The number of amides is 2. The zero-order chi connectivity index (χ0) is 16.9. The molecule has 2 N–H and O–H groups in total. The van der Waals surface area contributed by atoms with Gasteiger partial charge in [-0.25, -0.2) is 13.2 Å². The number of benzene rings is 1. The lowest BCUT2D eigenvalue weighted by Gasteiger charge is -2.13. The Balaban J connectivity index is 1.64. The van der Waals surface area contributed by atoms with E-state index in [0.29, 0.717) is 13.0 Å². The third kappa shape index (κ3) is 5.74. The minimum absolute atomic E-state index is 0.0542.